The van der Waals surface area contributed by atoms with Crippen LogP contribution < -0.4 is 10.1 Å². The molecule has 1 unspecified atom stereocenters. The number of allylic oxidation sites excluding steroid dienone is 2. The molecule has 0 saturated heterocycles. The number of amides is 1. The van der Waals surface area contributed by atoms with E-state index in [0.29, 0.717) is 28.7 Å². The van der Waals surface area contributed by atoms with Gasteiger partial charge in [0.2, 0.25) is 5.91 Å². The van der Waals surface area contributed by atoms with Crippen LogP contribution in [0, 0.1) is 11.7 Å². The summed E-state index contributed by atoms with van der Waals surface area (Å²) in [4.78, 5) is 16.3. The largest absolute Gasteiger partial charge is 0.494 e. The molecule has 0 aliphatic heterocycles. The Balaban J connectivity index is 1.66. The Labute approximate surface area is 138 Å². The lowest BCUT2D eigenvalue weighted by atomic mass is 10.1. The van der Waals surface area contributed by atoms with Gasteiger partial charge < -0.3 is 10.1 Å². The Morgan fingerprint density at radius 1 is 1.52 bits per heavy atom. The van der Waals surface area contributed by atoms with Gasteiger partial charge in [-0.3, -0.25) is 4.79 Å². The topological polar surface area (TPSA) is 51.2 Å². The third-order valence-corrected chi connectivity index (χ3v) is 4.52. The fourth-order valence-corrected chi connectivity index (χ4v) is 3.30. The highest BCUT2D eigenvalue weighted by molar-refractivity contribution is 7.14. The zero-order valence-corrected chi connectivity index (χ0v) is 13.5. The number of hydrogen-bond donors (Lipinski definition) is 1. The Morgan fingerprint density at radius 2 is 2.39 bits per heavy atom. The highest BCUT2D eigenvalue weighted by Crippen LogP contribution is 2.29. The number of carbonyl (C=O) groups is 1. The van der Waals surface area contributed by atoms with Gasteiger partial charge in [-0.2, -0.15) is 0 Å². The van der Waals surface area contributed by atoms with Gasteiger partial charge in [0.15, 0.2) is 16.7 Å². The molecule has 1 aromatic heterocycles. The lowest BCUT2D eigenvalue weighted by molar-refractivity contribution is -0.116. The normalized spacial score (nSPS) is 16.5. The van der Waals surface area contributed by atoms with Crippen LogP contribution in [-0.2, 0) is 4.79 Å². The quantitative estimate of drug-likeness (QED) is 0.833. The number of rotatable bonds is 5. The molecule has 0 radical (unpaired) electrons. The third-order valence-electron chi connectivity index (χ3n) is 3.76. The van der Waals surface area contributed by atoms with E-state index in [1.54, 1.807) is 17.5 Å². The van der Waals surface area contributed by atoms with Gasteiger partial charge >= 0.3 is 0 Å². The molecule has 1 amide bonds. The van der Waals surface area contributed by atoms with E-state index in [9.17, 15) is 9.18 Å². The number of anilines is 1. The summed E-state index contributed by atoms with van der Waals surface area (Å²) in [5.74, 6) is 0.0483. The number of halogens is 1. The summed E-state index contributed by atoms with van der Waals surface area (Å²) >= 11 is 1.33. The molecule has 1 aliphatic rings. The summed E-state index contributed by atoms with van der Waals surface area (Å²) in [6, 6.07) is 4.68. The minimum atomic E-state index is -0.434. The van der Waals surface area contributed by atoms with Crippen molar-refractivity contribution in [2.45, 2.75) is 19.3 Å². The molecule has 120 valence electrons. The van der Waals surface area contributed by atoms with Crippen molar-refractivity contribution in [3.63, 3.8) is 0 Å². The second-order valence-corrected chi connectivity index (χ2v) is 6.26. The molecule has 1 aromatic carbocycles. The maximum Gasteiger partial charge on any atom is 0.226 e. The summed E-state index contributed by atoms with van der Waals surface area (Å²) < 4.78 is 18.7. The lowest BCUT2D eigenvalue weighted by Crippen LogP contribution is -2.14. The van der Waals surface area contributed by atoms with Crippen LogP contribution in [0.25, 0.3) is 11.3 Å². The first-order valence-electron chi connectivity index (χ1n) is 7.41. The zero-order valence-electron chi connectivity index (χ0n) is 12.7. The highest BCUT2D eigenvalue weighted by atomic mass is 32.1. The summed E-state index contributed by atoms with van der Waals surface area (Å²) in [5, 5.41) is 5.14. The average Bonchev–Trinajstić information content (AvgIpc) is 3.19. The molecule has 2 aromatic rings. The van der Waals surface area contributed by atoms with Crippen LogP contribution >= 0.6 is 11.3 Å². The first kappa shape index (κ1) is 15.7. The minimum Gasteiger partial charge on any atom is -0.494 e. The number of nitrogens with zero attached hydrogens (tertiary/aromatic N) is 1. The van der Waals surface area contributed by atoms with E-state index in [1.165, 1.54) is 24.5 Å². The van der Waals surface area contributed by atoms with E-state index in [4.69, 9.17) is 4.74 Å². The Kier molecular flexibility index (Phi) is 4.71. The minimum absolute atomic E-state index is 0.0386. The number of nitrogens with one attached hydrogen (secondary N) is 1. The van der Waals surface area contributed by atoms with Gasteiger partial charge in [-0.1, -0.05) is 12.2 Å². The maximum atomic E-state index is 13.8. The van der Waals surface area contributed by atoms with Crippen LogP contribution in [0.1, 0.15) is 19.3 Å². The number of methoxy groups -OCH3 is 1. The molecule has 0 spiro atoms. The van der Waals surface area contributed by atoms with Gasteiger partial charge in [0.25, 0.3) is 0 Å². The number of aromatic nitrogens is 1. The van der Waals surface area contributed by atoms with Gasteiger partial charge in [-0.15, -0.1) is 11.3 Å². The van der Waals surface area contributed by atoms with Crippen molar-refractivity contribution in [2.75, 3.05) is 12.4 Å². The molecule has 1 heterocycles. The average molecular weight is 332 g/mol. The number of carbonyl (C=O) groups excluding carboxylic acids is 1. The molecule has 3 rings (SSSR count). The van der Waals surface area contributed by atoms with E-state index >= 15 is 0 Å². The highest BCUT2D eigenvalue weighted by Gasteiger charge is 2.15. The van der Waals surface area contributed by atoms with Crippen LogP contribution in [0.4, 0.5) is 9.52 Å². The molecule has 0 fully saturated rings. The Bertz CT molecular complexity index is 742. The summed E-state index contributed by atoms with van der Waals surface area (Å²) in [5.41, 5.74) is 1.28. The molecule has 0 bridgehead atoms. The molecular weight excluding hydrogens is 315 g/mol. The van der Waals surface area contributed by atoms with Crippen LogP contribution in [0.5, 0.6) is 5.75 Å². The van der Waals surface area contributed by atoms with Crippen molar-refractivity contribution in [3.8, 4) is 17.0 Å². The molecular formula is C17H17FN2O2S. The molecule has 6 heteroatoms. The van der Waals surface area contributed by atoms with Crippen molar-refractivity contribution >= 4 is 22.4 Å². The van der Waals surface area contributed by atoms with Crippen molar-refractivity contribution in [1.82, 2.24) is 4.98 Å². The SMILES string of the molecule is COc1ccc(-c2csc(NC(=O)CC3C=CCC3)n2)cc1F. The van der Waals surface area contributed by atoms with Gasteiger partial charge in [-0.05, 0) is 37.0 Å². The molecule has 23 heavy (non-hydrogen) atoms. The second kappa shape index (κ2) is 6.91. The molecule has 1 atom stereocenters. The van der Waals surface area contributed by atoms with E-state index in [0.717, 1.165) is 12.8 Å². The van der Waals surface area contributed by atoms with Crippen molar-refractivity contribution in [3.05, 3.63) is 41.5 Å². The summed E-state index contributed by atoms with van der Waals surface area (Å²) in [7, 11) is 1.42. The van der Waals surface area contributed by atoms with Crippen LogP contribution in [0.3, 0.4) is 0 Å². The van der Waals surface area contributed by atoms with Gasteiger partial charge in [0.1, 0.15) is 0 Å². The van der Waals surface area contributed by atoms with E-state index in [2.05, 4.69) is 22.5 Å². The maximum absolute atomic E-state index is 13.8. The van der Waals surface area contributed by atoms with Gasteiger partial charge in [-0.25, -0.2) is 9.37 Å². The number of hydrogen-bond acceptors (Lipinski definition) is 4. The number of thiazole rings is 1. The first-order valence-corrected chi connectivity index (χ1v) is 8.29. The molecule has 0 saturated carbocycles. The fraction of sp³-hybridized carbons (Fsp3) is 0.294. The van der Waals surface area contributed by atoms with Gasteiger partial charge in [0.05, 0.1) is 12.8 Å². The first-order chi connectivity index (χ1) is 11.2. The molecule has 4 nitrogen and oxygen atoms in total. The Hall–Kier alpha value is -2.21. The monoisotopic (exact) mass is 332 g/mol. The van der Waals surface area contributed by atoms with E-state index in [1.807, 2.05) is 0 Å². The van der Waals surface area contributed by atoms with E-state index < -0.39 is 5.82 Å². The van der Waals surface area contributed by atoms with E-state index in [-0.39, 0.29) is 11.7 Å². The summed E-state index contributed by atoms with van der Waals surface area (Å²) in [6.07, 6.45) is 6.75. The van der Waals surface area contributed by atoms with Crippen LogP contribution in [0.15, 0.2) is 35.7 Å². The van der Waals surface area contributed by atoms with Crippen molar-refractivity contribution in [1.29, 1.82) is 0 Å². The smallest absolute Gasteiger partial charge is 0.226 e. The van der Waals surface area contributed by atoms with Crippen LogP contribution in [-0.4, -0.2) is 18.0 Å². The lowest BCUT2D eigenvalue weighted by Gasteiger charge is -2.06. The van der Waals surface area contributed by atoms with Crippen molar-refractivity contribution in [2.24, 2.45) is 5.92 Å². The predicted molar refractivity (Wildman–Crippen MR) is 89.2 cm³/mol. The second-order valence-electron chi connectivity index (χ2n) is 5.41. The molecule has 1 N–H and O–H groups in total. The summed E-state index contributed by atoms with van der Waals surface area (Å²) in [6.45, 7) is 0. The standard InChI is InChI=1S/C17H17FN2O2S/c1-22-15-7-6-12(9-13(15)18)14-10-23-17(19-14)20-16(21)8-11-4-2-3-5-11/h2,4,6-7,9-11H,3,5,8H2,1H3,(H,19,20,21). The van der Waals surface area contributed by atoms with Crippen molar-refractivity contribution < 1.29 is 13.9 Å². The Morgan fingerprint density at radius 3 is 3.09 bits per heavy atom. The molecule has 1 aliphatic carbocycles. The predicted octanol–water partition coefficient (Wildman–Crippen LogP) is 4.25. The van der Waals surface area contributed by atoms with Gasteiger partial charge in [0, 0.05) is 17.4 Å². The zero-order chi connectivity index (χ0) is 16.2. The third kappa shape index (κ3) is 3.76. The fourth-order valence-electron chi connectivity index (χ4n) is 2.56. The number of benzene rings is 1. The number of ether oxygens (including phenoxy) is 1. The van der Waals surface area contributed by atoms with Crippen LogP contribution in [0.2, 0.25) is 0 Å².